The summed E-state index contributed by atoms with van der Waals surface area (Å²) < 4.78 is 3.05. The van der Waals surface area contributed by atoms with Crippen molar-refractivity contribution in [2.45, 2.75) is 6.92 Å². The first-order chi connectivity index (χ1) is 9.11. The Hall–Kier alpha value is -2.77. The number of anilines is 1. The summed E-state index contributed by atoms with van der Waals surface area (Å²) in [7, 11) is 1.69. The second-order valence-corrected chi connectivity index (χ2v) is 4.17. The highest BCUT2D eigenvalue weighted by molar-refractivity contribution is 6.01. The summed E-state index contributed by atoms with van der Waals surface area (Å²) in [6.07, 6.45) is 3.31. The molecule has 8 heteroatoms. The Balaban J connectivity index is 1.87. The van der Waals surface area contributed by atoms with E-state index in [2.05, 4.69) is 25.7 Å². The molecule has 0 saturated heterocycles. The number of aryl methyl sites for hydroxylation is 2. The minimum atomic E-state index is -0.388. The fraction of sp³-hybridized carbons (Fsp3) is 0.182. The molecular formula is C11H11N7O. The van der Waals surface area contributed by atoms with Gasteiger partial charge >= 0.3 is 0 Å². The molecule has 0 atom stereocenters. The molecule has 0 spiro atoms. The van der Waals surface area contributed by atoms with E-state index in [1.165, 1.54) is 10.9 Å². The highest BCUT2D eigenvalue weighted by Crippen LogP contribution is 2.08. The molecule has 0 aliphatic rings. The molecule has 0 aromatic carbocycles. The van der Waals surface area contributed by atoms with E-state index in [1.54, 1.807) is 17.8 Å². The van der Waals surface area contributed by atoms with Crippen LogP contribution in [0.4, 0.5) is 5.95 Å². The van der Waals surface area contributed by atoms with Crippen molar-refractivity contribution >= 4 is 17.5 Å². The largest absolute Gasteiger partial charge is 0.288 e. The smallest absolute Gasteiger partial charge is 0.280 e. The lowest BCUT2D eigenvalue weighted by atomic mass is 10.3. The number of amides is 1. The predicted octanol–water partition coefficient (Wildman–Crippen LogP) is 0.419. The molecule has 0 aliphatic heterocycles. The number of carbonyl (C=O) groups excluding carboxylic acids is 1. The summed E-state index contributed by atoms with van der Waals surface area (Å²) in [5, 5.41) is 14.1. The number of carbonyl (C=O) groups is 1. The summed E-state index contributed by atoms with van der Waals surface area (Å²) >= 11 is 0. The van der Waals surface area contributed by atoms with Crippen LogP contribution in [-0.2, 0) is 7.05 Å². The minimum Gasteiger partial charge on any atom is -0.288 e. The van der Waals surface area contributed by atoms with Gasteiger partial charge in [0.1, 0.15) is 0 Å². The highest BCUT2D eigenvalue weighted by Gasteiger charge is 2.13. The van der Waals surface area contributed by atoms with Crippen LogP contribution in [0.5, 0.6) is 0 Å². The van der Waals surface area contributed by atoms with E-state index in [1.807, 2.05) is 19.1 Å². The van der Waals surface area contributed by atoms with Crippen molar-refractivity contribution in [1.29, 1.82) is 0 Å². The molecule has 0 saturated carbocycles. The Morgan fingerprint density at radius 3 is 3.00 bits per heavy atom. The monoisotopic (exact) mass is 257 g/mol. The van der Waals surface area contributed by atoms with Gasteiger partial charge in [-0.2, -0.15) is 4.98 Å². The molecule has 1 N–H and O–H groups in total. The van der Waals surface area contributed by atoms with E-state index in [4.69, 9.17) is 0 Å². The third-order valence-corrected chi connectivity index (χ3v) is 2.55. The molecule has 0 unspecified atom stereocenters. The van der Waals surface area contributed by atoms with Crippen molar-refractivity contribution in [3.8, 4) is 0 Å². The van der Waals surface area contributed by atoms with E-state index >= 15 is 0 Å². The van der Waals surface area contributed by atoms with Crippen molar-refractivity contribution in [1.82, 2.24) is 29.6 Å². The first-order valence-corrected chi connectivity index (χ1v) is 5.62. The molecule has 3 heterocycles. The zero-order valence-electron chi connectivity index (χ0n) is 10.4. The number of hydrogen-bond donors (Lipinski definition) is 1. The first-order valence-electron chi connectivity index (χ1n) is 5.62. The average molecular weight is 257 g/mol. The third kappa shape index (κ3) is 2.15. The number of nitrogens with zero attached hydrogens (tertiary/aromatic N) is 6. The fourth-order valence-corrected chi connectivity index (χ4v) is 1.65. The summed E-state index contributed by atoms with van der Waals surface area (Å²) in [5.41, 5.74) is 1.97. The van der Waals surface area contributed by atoms with Crippen LogP contribution in [0.2, 0.25) is 0 Å². The first kappa shape index (κ1) is 11.3. The van der Waals surface area contributed by atoms with Gasteiger partial charge in [0.05, 0.1) is 6.20 Å². The van der Waals surface area contributed by atoms with Gasteiger partial charge in [-0.05, 0) is 24.6 Å². The second-order valence-electron chi connectivity index (χ2n) is 4.17. The summed E-state index contributed by atoms with van der Waals surface area (Å²) in [4.78, 5) is 16.1. The normalized spacial score (nSPS) is 10.8. The molecule has 0 bridgehead atoms. The van der Waals surface area contributed by atoms with Gasteiger partial charge in [0.15, 0.2) is 11.3 Å². The molecule has 0 fully saturated rings. The van der Waals surface area contributed by atoms with Crippen LogP contribution in [0, 0.1) is 6.92 Å². The Morgan fingerprint density at radius 1 is 1.42 bits per heavy atom. The number of nitrogens with one attached hydrogen (secondary N) is 1. The zero-order valence-corrected chi connectivity index (χ0v) is 10.4. The van der Waals surface area contributed by atoms with Crippen LogP contribution >= 0.6 is 0 Å². The number of hydrogen-bond acceptors (Lipinski definition) is 5. The lowest BCUT2D eigenvalue weighted by molar-refractivity contribution is 0.102. The highest BCUT2D eigenvalue weighted by atomic mass is 16.2. The maximum absolute atomic E-state index is 11.9. The second kappa shape index (κ2) is 4.16. The van der Waals surface area contributed by atoms with Crippen molar-refractivity contribution in [2.24, 2.45) is 7.05 Å². The number of pyridine rings is 1. The lowest BCUT2D eigenvalue weighted by Gasteiger charge is -1.94. The molecule has 19 heavy (non-hydrogen) atoms. The molecule has 96 valence electrons. The van der Waals surface area contributed by atoms with Crippen molar-refractivity contribution < 1.29 is 4.79 Å². The average Bonchev–Trinajstić information content (AvgIpc) is 2.94. The Bertz CT molecular complexity index is 757. The third-order valence-electron chi connectivity index (χ3n) is 2.55. The number of fused-ring (bicyclic) bond motifs is 1. The predicted molar refractivity (Wildman–Crippen MR) is 66.7 cm³/mol. The van der Waals surface area contributed by atoms with E-state index in [0.717, 1.165) is 5.56 Å². The van der Waals surface area contributed by atoms with Gasteiger partial charge < -0.3 is 0 Å². The fourth-order valence-electron chi connectivity index (χ4n) is 1.65. The number of aromatic nitrogens is 6. The van der Waals surface area contributed by atoms with Crippen LogP contribution in [0.1, 0.15) is 16.1 Å². The van der Waals surface area contributed by atoms with Crippen molar-refractivity contribution in [2.75, 3.05) is 5.32 Å². The van der Waals surface area contributed by atoms with E-state index in [0.29, 0.717) is 5.65 Å². The quantitative estimate of drug-likeness (QED) is 0.718. The number of rotatable bonds is 2. The van der Waals surface area contributed by atoms with Crippen LogP contribution < -0.4 is 5.32 Å². The Morgan fingerprint density at radius 2 is 2.26 bits per heavy atom. The van der Waals surface area contributed by atoms with Gasteiger partial charge in [-0.3, -0.25) is 14.8 Å². The van der Waals surface area contributed by atoms with E-state index in [9.17, 15) is 4.79 Å². The molecule has 0 radical (unpaired) electrons. The molecular weight excluding hydrogens is 246 g/mol. The van der Waals surface area contributed by atoms with Gasteiger partial charge in [0.2, 0.25) is 5.95 Å². The van der Waals surface area contributed by atoms with Crippen LogP contribution in [0.15, 0.2) is 24.5 Å². The van der Waals surface area contributed by atoms with E-state index < -0.39 is 0 Å². The Kier molecular flexibility index (Phi) is 2.48. The summed E-state index contributed by atoms with van der Waals surface area (Å²) in [6.45, 7) is 1.96. The SMILES string of the molecule is Cc1ccn2nc(NC(=O)c3cn(C)nn3)nc2c1. The van der Waals surface area contributed by atoms with Crippen LogP contribution in [-0.4, -0.2) is 35.5 Å². The molecule has 1 amide bonds. The molecule has 8 nitrogen and oxygen atoms in total. The Labute approximate surface area is 108 Å². The standard InChI is InChI=1S/C11H11N7O/c1-7-3-4-18-9(5-7)12-11(15-18)13-10(19)8-6-17(2)16-14-8/h3-6H,1-2H3,(H,13,15,19). The van der Waals surface area contributed by atoms with Gasteiger partial charge in [-0.1, -0.05) is 5.21 Å². The molecule has 3 aromatic heterocycles. The maximum atomic E-state index is 11.9. The van der Waals surface area contributed by atoms with Crippen molar-refractivity contribution in [3.63, 3.8) is 0 Å². The molecule has 0 aliphatic carbocycles. The van der Waals surface area contributed by atoms with Gasteiger partial charge in [-0.15, -0.1) is 10.2 Å². The topological polar surface area (TPSA) is 90.0 Å². The molecule has 3 rings (SSSR count). The van der Waals surface area contributed by atoms with Gasteiger partial charge in [0.25, 0.3) is 5.91 Å². The zero-order chi connectivity index (χ0) is 13.4. The lowest BCUT2D eigenvalue weighted by Crippen LogP contribution is -2.13. The van der Waals surface area contributed by atoms with Gasteiger partial charge in [-0.25, -0.2) is 4.52 Å². The minimum absolute atomic E-state index is 0.220. The summed E-state index contributed by atoms with van der Waals surface area (Å²) in [5.74, 6) is -0.151. The molecule has 3 aromatic rings. The van der Waals surface area contributed by atoms with Crippen LogP contribution in [0.25, 0.3) is 5.65 Å². The van der Waals surface area contributed by atoms with Gasteiger partial charge in [0, 0.05) is 13.2 Å². The van der Waals surface area contributed by atoms with Crippen molar-refractivity contribution in [3.05, 3.63) is 35.8 Å². The van der Waals surface area contributed by atoms with Crippen LogP contribution in [0.3, 0.4) is 0 Å². The summed E-state index contributed by atoms with van der Waals surface area (Å²) in [6, 6.07) is 3.79. The van der Waals surface area contributed by atoms with E-state index in [-0.39, 0.29) is 17.5 Å². The maximum Gasteiger partial charge on any atom is 0.280 e.